The smallest absolute Gasteiger partial charge is 0.320 e. The zero-order valence-corrected chi connectivity index (χ0v) is 14.1. The van der Waals surface area contributed by atoms with Crippen LogP contribution >= 0.6 is 0 Å². The first-order chi connectivity index (χ1) is 11.2. The van der Waals surface area contributed by atoms with Crippen molar-refractivity contribution in [2.75, 3.05) is 71.4 Å². The van der Waals surface area contributed by atoms with E-state index in [4.69, 9.17) is 4.74 Å². The van der Waals surface area contributed by atoms with Gasteiger partial charge in [-0.3, -0.25) is 0 Å². The van der Waals surface area contributed by atoms with Gasteiger partial charge in [0.05, 0.1) is 12.8 Å². The Bertz CT molecular complexity index is 535. The van der Waals surface area contributed by atoms with Crippen LogP contribution in [0.15, 0.2) is 24.3 Å². The molecule has 0 bridgehead atoms. The SMILES string of the molecule is COc1ccccc1N1CCN(C(=O)N2CCN(C)CC2)CC1. The minimum atomic E-state index is 0.192. The molecule has 2 amide bonds. The molecule has 2 saturated heterocycles. The summed E-state index contributed by atoms with van der Waals surface area (Å²) >= 11 is 0. The number of anilines is 1. The van der Waals surface area contributed by atoms with Gasteiger partial charge in [0.25, 0.3) is 0 Å². The van der Waals surface area contributed by atoms with Gasteiger partial charge in [0.15, 0.2) is 0 Å². The van der Waals surface area contributed by atoms with E-state index in [1.807, 2.05) is 28.0 Å². The number of rotatable bonds is 2. The largest absolute Gasteiger partial charge is 0.495 e. The zero-order chi connectivity index (χ0) is 16.2. The third kappa shape index (κ3) is 3.52. The number of amides is 2. The first kappa shape index (κ1) is 15.9. The number of nitrogens with zero attached hydrogens (tertiary/aromatic N) is 4. The summed E-state index contributed by atoms with van der Waals surface area (Å²) in [5, 5.41) is 0. The van der Waals surface area contributed by atoms with E-state index in [1.165, 1.54) is 0 Å². The molecule has 0 atom stereocenters. The highest BCUT2D eigenvalue weighted by Gasteiger charge is 2.27. The number of piperazine rings is 2. The molecular formula is C17H26N4O2. The number of benzene rings is 1. The Morgan fingerprint density at radius 2 is 1.48 bits per heavy atom. The molecule has 0 saturated carbocycles. The van der Waals surface area contributed by atoms with Crippen molar-refractivity contribution in [2.24, 2.45) is 0 Å². The van der Waals surface area contributed by atoms with Crippen molar-refractivity contribution in [3.05, 3.63) is 24.3 Å². The second kappa shape index (κ2) is 7.08. The fraction of sp³-hybridized carbons (Fsp3) is 0.588. The lowest BCUT2D eigenvalue weighted by atomic mass is 10.2. The second-order valence-corrected chi connectivity index (χ2v) is 6.22. The molecule has 0 aliphatic carbocycles. The van der Waals surface area contributed by atoms with Crippen molar-refractivity contribution >= 4 is 11.7 Å². The Kier molecular flexibility index (Phi) is 4.91. The average Bonchev–Trinajstić information content (AvgIpc) is 2.62. The Hall–Kier alpha value is -1.95. The number of hydrogen-bond acceptors (Lipinski definition) is 4. The van der Waals surface area contributed by atoms with Crippen molar-refractivity contribution in [3.8, 4) is 5.75 Å². The van der Waals surface area contributed by atoms with Crippen LogP contribution in [0.4, 0.5) is 10.5 Å². The lowest BCUT2D eigenvalue weighted by Crippen LogP contribution is -2.56. The Morgan fingerprint density at radius 1 is 0.913 bits per heavy atom. The van der Waals surface area contributed by atoms with Crippen LogP contribution in [0.1, 0.15) is 0 Å². The van der Waals surface area contributed by atoms with Gasteiger partial charge in [-0.2, -0.15) is 0 Å². The quantitative estimate of drug-likeness (QED) is 0.821. The number of carbonyl (C=O) groups excluding carboxylic acids is 1. The molecule has 0 radical (unpaired) electrons. The third-order valence-corrected chi connectivity index (χ3v) is 4.75. The molecule has 2 heterocycles. The number of urea groups is 1. The van der Waals surface area contributed by atoms with E-state index in [-0.39, 0.29) is 6.03 Å². The van der Waals surface area contributed by atoms with Crippen LogP contribution in [0.5, 0.6) is 5.75 Å². The standard InChI is InChI=1S/C17H26N4O2/c1-18-7-9-20(10-8-18)17(22)21-13-11-19(12-14-21)15-5-3-4-6-16(15)23-2/h3-6H,7-14H2,1-2H3. The zero-order valence-electron chi connectivity index (χ0n) is 14.1. The Balaban J connectivity index is 1.57. The van der Waals surface area contributed by atoms with Crippen LogP contribution in [0.3, 0.4) is 0 Å². The molecule has 1 aromatic rings. The molecular weight excluding hydrogens is 292 g/mol. The van der Waals surface area contributed by atoms with Gasteiger partial charge in [-0.1, -0.05) is 12.1 Å². The van der Waals surface area contributed by atoms with Gasteiger partial charge in [-0.25, -0.2) is 4.79 Å². The van der Waals surface area contributed by atoms with E-state index in [9.17, 15) is 4.79 Å². The molecule has 2 aliphatic heterocycles. The van der Waals surface area contributed by atoms with Gasteiger partial charge in [-0.05, 0) is 19.2 Å². The van der Waals surface area contributed by atoms with Crippen LogP contribution in [-0.2, 0) is 0 Å². The van der Waals surface area contributed by atoms with E-state index >= 15 is 0 Å². The summed E-state index contributed by atoms with van der Waals surface area (Å²) in [4.78, 5) is 21.1. The minimum absolute atomic E-state index is 0.192. The fourth-order valence-corrected chi connectivity index (χ4v) is 3.23. The van der Waals surface area contributed by atoms with Crippen molar-refractivity contribution in [3.63, 3.8) is 0 Å². The summed E-state index contributed by atoms with van der Waals surface area (Å²) in [7, 11) is 3.81. The maximum Gasteiger partial charge on any atom is 0.320 e. The van der Waals surface area contributed by atoms with Crippen LogP contribution in [0.2, 0.25) is 0 Å². The van der Waals surface area contributed by atoms with Crippen molar-refractivity contribution in [2.45, 2.75) is 0 Å². The third-order valence-electron chi connectivity index (χ3n) is 4.75. The van der Waals surface area contributed by atoms with Crippen LogP contribution < -0.4 is 9.64 Å². The number of ether oxygens (including phenoxy) is 1. The summed E-state index contributed by atoms with van der Waals surface area (Å²) in [6.07, 6.45) is 0. The maximum absolute atomic E-state index is 12.6. The molecule has 2 fully saturated rings. The van der Waals surface area contributed by atoms with E-state index in [0.717, 1.165) is 63.8 Å². The monoisotopic (exact) mass is 318 g/mol. The molecule has 6 heteroatoms. The lowest BCUT2D eigenvalue weighted by Gasteiger charge is -2.40. The summed E-state index contributed by atoms with van der Waals surface area (Å²) in [5.74, 6) is 0.895. The van der Waals surface area contributed by atoms with Gasteiger partial charge in [0.2, 0.25) is 0 Å². The number of carbonyl (C=O) groups is 1. The van der Waals surface area contributed by atoms with Crippen molar-refractivity contribution in [1.29, 1.82) is 0 Å². The highest BCUT2D eigenvalue weighted by atomic mass is 16.5. The molecule has 126 valence electrons. The van der Waals surface area contributed by atoms with Crippen LogP contribution in [0, 0.1) is 0 Å². The van der Waals surface area contributed by atoms with Crippen LogP contribution in [0.25, 0.3) is 0 Å². The summed E-state index contributed by atoms with van der Waals surface area (Å²) in [5.41, 5.74) is 1.11. The lowest BCUT2D eigenvalue weighted by molar-refractivity contribution is 0.120. The van der Waals surface area contributed by atoms with Gasteiger partial charge < -0.3 is 24.3 Å². The predicted molar refractivity (Wildman–Crippen MR) is 91.2 cm³/mol. The van der Waals surface area contributed by atoms with Crippen molar-refractivity contribution < 1.29 is 9.53 Å². The highest BCUT2D eigenvalue weighted by Crippen LogP contribution is 2.28. The summed E-state index contributed by atoms with van der Waals surface area (Å²) in [6, 6.07) is 8.26. The average molecular weight is 318 g/mol. The second-order valence-electron chi connectivity index (χ2n) is 6.22. The Labute approximate surface area is 138 Å². The predicted octanol–water partition coefficient (Wildman–Crippen LogP) is 1.18. The fourth-order valence-electron chi connectivity index (χ4n) is 3.23. The molecule has 0 spiro atoms. The van der Waals surface area contributed by atoms with Gasteiger partial charge in [0.1, 0.15) is 5.75 Å². The van der Waals surface area contributed by atoms with Crippen LogP contribution in [-0.4, -0.2) is 87.2 Å². The molecule has 0 aromatic heterocycles. The van der Waals surface area contributed by atoms with E-state index in [2.05, 4.69) is 22.9 Å². The molecule has 0 N–H and O–H groups in total. The molecule has 2 aliphatic rings. The topological polar surface area (TPSA) is 39.3 Å². The summed E-state index contributed by atoms with van der Waals surface area (Å²) in [6.45, 7) is 6.83. The molecule has 23 heavy (non-hydrogen) atoms. The number of para-hydroxylation sites is 2. The van der Waals surface area contributed by atoms with Gasteiger partial charge in [-0.15, -0.1) is 0 Å². The normalized spacial score (nSPS) is 19.8. The minimum Gasteiger partial charge on any atom is -0.495 e. The maximum atomic E-state index is 12.6. The van der Waals surface area contributed by atoms with E-state index in [1.54, 1.807) is 7.11 Å². The van der Waals surface area contributed by atoms with Gasteiger partial charge >= 0.3 is 6.03 Å². The molecule has 6 nitrogen and oxygen atoms in total. The van der Waals surface area contributed by atoms with E-state index < -0.39 is 0 Å². The first-order valence-electron chi connectivity index (χ1n) is 8.29. The molecule has 0 unspecified atom stereocenters. The molecule has 1 aromatic carbocycles. The summed E-state index contributed by atoms with van der Waals surface area (Å²) < 4.78 is 5.44. The van der Waals surface area contributed by atoms with Gasteiger partial charge in [0, 0.05) is 52.4 Å². The van der Waals surface area contributed by atoms with E-state index in [0.29, 0.717) is 0 Å². The number of likely N-dealkylation sites (N-methyl/N-ethyl adjacent to an activating group) is 1. The number of hydrogen-bond donors (Lipinski definition) is 0. The Morgan fingerprint density at radius 3 is 2.09 bits per heavy atom. The number of methoxy groups -OCH3 is 1. The highest BCUT2D eigenvalue weighted by molar-refractivity contribution is 5.75. The molecule has 3 rings (SSSR count). The first-order valence-corrected chi connectivity index (χ1v) is 8.29. The van der Waals surface area contributed by atoms with Crippen molar-refractivity contribution in [1.82, 2.24) is 14.7 Å².